The van der Waals surface area contributed by atoms with Crippen LogP contribution in [0.5, 0.6) is 0 Å². The molecular weight excluding hydrogens is 396 g/mol. The molecular formula is C16H14Br2N2O. The van der Waals surface area contributed by atoms with Crippen molar-refractivity contribution in [3.05, 3.63) is 56.5 Å². The predicted octanol–water partition coefficient (Wildman–Crippen LogP) is 4.82. The van der Waals surface area contributed by atoms with Gasteiger partial charge in [-0.3, -0.25) is 4.79 Å². The van der Waals surface area contributed by atoms with Crippen molar-refractivity contribution < 1.29 is 4.79 Å². The Labute approximate surface area is 140 Å². The van der Waals surface area contributed by atoms with E-state index in [-0.39, 0.29) is 5.91 Å². The van der Waals surface area contributed by atoms with Crippen LogP contribution in [0.3, 0.4) is 0 Å². The second-order valence-electron chi connectivity index (χ2n) is 4.98. The van der Waals surface area contributed by atoms with E-state index in [1.807, 2.05) is 24.3 Å². The molecule has 1 aliphatic heterocycles. The van der Waals surface area contributed by atoms with E-state index in [1.54, 1.807) is 6.07 Å². The molecule has 1 aliphatic rings. The van der Waals surface area contributed by atoms with Gasteiger partial charge in [0, 0.05) is 26.9 Å². The summed E-state index contributed by atoms with van der Waals surface area (Å²) in [6.45, 7) is 0.988. The van der Waals surface area contributed by atoms with Gasteiger partial charge in [0.15, 0.2) is 0 Å². The van der Waals surface area contributed by atoms with Crippen LogP contribution in [0.15, 0.2) is 45.3 Å². The number of aryl methyl sites for hydroxylation is 1. The number of carbonyl (C=O) groups is 1. The first-order valence-electron chi connectivity index (χ1n) is 6.77. The molecule has 0 spiro atoms. The van der Waals surface area contributed by atoms with Crippen LogP contribution < -0.4 is 10.6 Å². The summed E-state index contributed by atoms with van der Waals surface area (Å²) in [4.78, 5) is 12.4. The fourth-order valence-corrected chi connectivity index (χ4v) is 3.20. The first-order chi connectivity index (χ1) is 10.1. The lowest BCUT2D eigenvalue weighted by molar-refractivity contribution is 0.102. The van der Waals surface area contributed by atoms with Crippen LogP contribution >= 0.6 is 31.9 Å². The smallest absolute Gasteiger partial charge is 0.256 e. The lowest BCUT2D eigenvalue weighted by atomic mass is 10.0. The Balaban J connectivity index is 1.83. The molecule has 2 aromatic carbocycles. The third kappa shape index (κ3) is 3.30. The van der Waals surface area contributed by atoms with Gasteiger partial charge in [0.1, 0.15) is 0 Å². The second kappa shape index (κ2) is 6.20. The molecule has 0 fully saturated rings. The van der Waals surface area contributed by atoms with Crippen molar-refractivity contribution in [2.75, 3.05) is 17.2 Å². The van der Waals surface area contributed by atoms with Crippen LogP contribution in [0, 0.1) is 0 Å². The molecule has 0 radical (unpaired) electrons. The number of rotatable bonds is 2. The molecule has 21 heavy (non-hydrogen) atoms. The maximum atomic E-state index is 12.4. The van der Waals surface area contributed by atoms with Crippen molar-refractivity contribution in [1.29, 1.82) is 0 Å². The highest BCUT2D eigenvalue weighted by Crippen LogP contribution is 2.27. The van der Waals surface area contributed by atoms with E-state index in [2.05, 4.69) is 48.6 Å². The van der Waals surface area contributed by atoms with Crippen LogP contribution in [-0.2, 0) is 6.42 Å². The minimum Gasteiger partial charge on any atom is -0.385 e. The number of hydrogen-bond donors (Lipinski definition) is 2. The van der Waals surface area contributed by atoms with E-state index in [4.69, 9.17) is 0 Å². The molecule has 3 nitrogen and oxygen atoms in total. The van der Waals surface area contributed by atoms with E-state index < -0.39 is 0 Å². The number of carbonyl (C=O) groups excluding carboxylic acids is 1. The van der Waals surface area contributed by atoms with Crippen LogP contribution in [0.1, 0.15) is 22.3 Å². The van der Waals surface area contributed by atoms with Gasteiger partial charge < -0.3 is 10.6 Å². The zero-order valence-corrected chi connectivity index (χ0v) is 14.4. The Morgan fingerprint density at radius 2 is 2.00 bits per heavy atom. The summed E-state index contributed by atoms with van der Waals surface area (Å²) >= 11 is 6.80. The fourth-order valence-electron chi connectivity index (χ4n) is 2.41. The number of halogens is 2. The Hall–Kier alpha value is -1.33. The minimum absolute atomic E-state index is 0.126. The van der Waals surface area contributed by atoms with Crippen LogP contribution in [0.4, 0.5) is 11.4 Å². The molecule has 2 aromatic rings. The van der Waals surface area contributed by atoms with Gasteiger partial charge in [0.05, 0.1) is 5.56 Å². The number of anilines is 2. The number of benzene rings is 2. The first kappa shape index (κ1) is 14.6. The van der Waals surface area contributed by atoms with E-state index in [1.165, 1.54) is 5.56 Å². The highest BCUT2D eigenvalue weighted by atomic mass is 79.9. The Morgan fingerprint density at radius 1 is 1.14 bits per heavy atom. The van der Waals surface area contributed by atoms with E-state index in [0.717, 1.165) is 39.7 Å². The summed E-state index contributed by atoms with van der Waals surface area (Å²) in [6, 6.07) is 11.6. The van der Waals surface area contributed by atoms with Crippen molar-refractivity contribution in [1.82, 2.24) is 0 Å². The summed E-state index contributed by atoms with van der Waals surface area (Å²) < 4.78 is 1.65. The summed E-state index contributed by atoms with van der Waals surface area (Å²) in [7, 11) is 0. The zero-order chi connectivity index (χ0) is 14.8. The van der Waals surface area contributed by atoms with Gasteiger partial charge in [-0.05, 0) is 64.7 Å². The molecule has 0 aliphatic carbocycles. The van der Waals surface area contributed by atoms with Gasteiger partial charge in [-0.1, -0.05) is 22.0 Å². The normalized spacial score (nSPS) is 13.2. The Kier molecular flexibility index (Phi) is 4.31. The highest BCUT2D eigenvalue weighted by molar-refractivity contribution is 9.11. The summed E-state index contributed by atoms with van der Waals surface area (Å²) in [5.74, 6) is -0.126. The standard InChI is InChI=1S/C16H14Br2N2O/c17-11-4-6-14(18)13(8-11)16(21)20-12-5-3-10-2-1-7-19-15(10)9-12/h3-6,8-9,19H,1-2,7H2,(H,20,21). The quantitative estimate of drug-likeness (QED) is 0.746. The third-order valence-corrected chi connectivity index (χ3v) is 4.66. The molecule has 5 heteroatoms. The highest BCUT2D eigenvalue weighted by Gasteiger charge is 2.13. The lowest BCUT2D eigenvalue weighted by Gasteiger charge is -2.19. The monoisotopic (exact) mass is 408 g/mol. The van der Waals surface area contributed by atoms with Crippen LogP contribution in [0.2, 0.25) is 0 Å². The van der Waals surface area contributed by atoms with Crippen LogP contribution in [0.25, 0.3) is 0 Å². The van der Waals surface area contributed by atoms with E-state index >= 15 is 0 Å². The number of hydrogen-bond acceptors (Lipinski definition) is 2. The summed E-state index contributed by atoms with van der Waals surface area (Å²) in [5.41, 5.74) is 3.84. The topological polar surface area (TPSA) is 41.1 Å². The second-order valence-corrected chi connectivity index (χ2v) is 6.75. The van der Waals surface area contributed by atoms with Crippen LogP contribution in [-0.4, -0.2) is 12.5 Å². The number of amides is 1. The number of nitrogens with one attached hydrogen (secondary N) is 2. The van der Waals surface area contributed by atoms with Crippen molar-refractivity contribution in [2.24, 2.45) is 0 Å². The van der Waals surface area contributed by atoms with Crippen molar-refractivity contribution in [3.8, 4) is 0 Å². The average molecular weight is 410 g/mol. The Morgan fingerprint density at radius 3 is 2.86 bits per heavy atom. The lowest BCUT2D eigenvalue weighted by Crippen LogP contribution is -2.15. The molecule has 108 valence electrons. The van der Waals surface area contributed by atoms with Gasteiger partial charge in [0.25, 0.3) is 5.91 Å². The van der Waals surface area contributed by atoms with Crippen molar-refractivity contribution in [2.45, 2.75) is 12.8 Å². The van der Waals surface area contributed by atoms with Gasteiger partial charge >= 0.3 is 0 Å². The molecule has 0 saturated heterocycles. The fraction of sp³-hybridized carbons (Fsp3) is 0.188. The molecule has 0 aromatic heterocycles. The summed E-state index contributed by atoms with van der Waals surface area (Å²) in [5, 5.41) is 6.32. The van der Waals surface area contributed by atoms with Gasteiger partial charge in [-0.15, -0.1) is 0 Å². The van der Waals surface area contributed by atoms with Crippen molar-refractivity contribution in [3.63, 3.8) is 0 Å². The molecule has 2 N–H and O–H groups in total. The molecule has 1 amide bonds. The van der Waals surface area contributed by atoms with Gasteiger partial charge in [-0.25, -0.2) is 0 Å². The average Bonchev–Trinajstić information content (AvgIpc) is 2.49. The number of fused-ring (bicyclic) bond motifs is 1. The van der Waals surface area contributed by atoms with Crippen molar-refractivity contribution >= 4 is 49.1 Å². The summed E-state index contributed by atoms with van der Waals surface area (Å²) in [6.07, 6.45) is 2.25. The van der Waals surface area contributed by atoms with E-state index in [0.29, 0.717) is 5.56 Å². The Bertz CT molecular complexity index is 701. The largest absolute Gasteiger partial charge is 0.385 e. The molecule has 0 unspecified atom stereocenters. The van der Waals surface area contributed by atoms with Gasteiger partial charge in [-0.2, -0.15) is 0 Å². The maximum absolute atomic E-state index is 12.4. The van der Waals surface area contributed by atoms with Gasteiger partial charge in [0.2, 0.25) is 0 Å². The predicted molar refractivity (Wildman–Crippen MR) is 93.0 cm³/mol. The molecule has 0 saturated carbocycles. The third-order valence-electron chi connectivity index (χ3n) is 3.48. The SMILES string of the molecule is O=C(Nc1ccc2c(c1)NCCC2)c1cc(Br)ccc1Br. The first-order valence-corrected chi connectivity index (χ1v) is 8.35. The minimum atomic E-state index is -0.126. The molecule has 0 bridgehead atoms. The maximum Gasteiger partial charge on any atom is 0.256 e. The zero-order valence-electron chi connectivity index (χ0n) is 11.2. The molecule has 0 atom stereocenters. The molecule has 3 rings (SSSR count). The molecule has 1 heterocycles. The van der Waals surface area contributed by atoms with E-state index in [9.17, 15) is 4.79 Å².